The van der Waals surface area contributed by atoms with Crippen LogP contribution in [0.1, 0.15) is 26.7 Å². The van der Waals surface area contributed by atoms with Crippen LogP contribution in [0.25, 0.3) is 5.52 Å². The van der Waals surface area contributed by atoms with Crippen molar-refractivity contribution in [2.45, 2.75) is 6.92 Å². The number of nitrogens with one attached hydrogen (secondary N) is 2. The fourth-order valence-corrected chi connectivity index (χ4v) is 2.81. The number of anilines is 1. The number of fused-ring (bicyclic) bond motifs is 1. The normalized spacial score (nSPS) is 10.8. The first-order chi connectivity index (χ1) is 13.0. The molecule has 0 aliphatic heterocycles. The van der Waals surface area contributed by atoms with E-state index in [2.05, 4.69) is 15.6 Å². The van der Waals surface area contributed by atoms with Gasteiger partial charge in [0.1, 0.15) is 0 Å². The van der Waals surface area contributed by atoms with Gasteiger partial charge >= 0.3 is 0 Å². The molecule has 0 radical (unpaired) electrons. The molecule has 7 nitrogen and oxygen atoms in total. The molecule has 0 fully saturated rings. The van der Waals surface area contributed by atoms with Gasteiger partial charge in [-0.2, -0.15) is 0 Å². The van der Waals surface area contributed by atoms with Gasteiger partial charge in [0, 0.05) is 30.6 Å². The number of imidazole rings is 1. The highest BCUT2D eigenvalue weighted by Gasteiger charge is 2.21. The molecule has 2 aromatic heterocycles. The number of benzene rings is 1. The molecule has 2 amide bonds. The SMILES string of the molecule is COCCNC(=O)c1nc(C(=O)Nc2cccc(Cl)c2C)n2ccccc12. The van der Waals surface area contributed by atoms with E-state index >= 15 is 0 Å². The minimum atomic E-state index is -0.433. The zero-order valence-electron chi connectivity index (χ0n) is 15.0. The van der Waals surface area contributed by atoms with Crippen molar-refractivity contribution in [2.75, 3.05) is 25.6 Å². The lowest BCUT2D eigenvalue weighted by Gasteiger charge is -2.08. The van der Waals surface area contributed by atoms with Crippen LogP contribution in [0.4, 0.5) is 5.69 Å². The number of amides is 2. The number of aromatic nitrogens is 2. The molecule has 0 saturated carbocycles. The molecule has 0 bridgehead atoms. The van der Waals surface area contributed by atoms with Crippen molar-refractivity contribution in [3.8, 4) is 0 Å². The van der Waals surface area contributed by atoms with Gasteiger partial charge in [0.15, 0.2) is 5.69 Å². The minimum Gasteiger partial charge on any atom is -0.383 e. The highest BCUT2D eigenvalue weighted by molar-refractivity contribution is 6.31. The summed E-state index contributed by atoms with van der Waals surface area (Å²) < 4.78 is 6.51. The molecule has 0 unspecified atom stereocenters. The van der Waals surface area contributed by atoms with Crippen molar-refractivity contribution < 1.29 is 14.3 Å². The number of hydrogen-bond donors (Lipinski definition) is 2. The highest BCUT2D eigenvalue weighted by Crippen LogP contribution is 2.23. The lowest BCUT2D eigenvalue weighted by atomic mass is 10.2. The fourth-order valence-electron chi connectivity index (χ4n) is 2.64. The quantitative estimate of drug-likeness (QED) is 0.638. The molecule has 0 aliphatic rings. The maximum absolute atomic E-state index is 12.8. The molecule has 1 aromatic carbocycles. The predicted octanol–water partition coefficient (Wildman–Crippen LogP) is 2.92. The number of carbonyl (C=O) groups is 2. The Morgan fingerprint density at radius 3 is 2.78 bits per heavy atom. The van der Waals surface area contributed by atoms with Crippen LogP contribution in [0.3, 0.4) is 0 Å². The average molecular weight is 387 g/mol. The van der Waals surface area contributed by atoms with Crippen molar-refractivity contribution in [1.82, 2.24) is 14.7 Å². The summed E-state index contributed by atoms with van der Waals surface area (Å²) in [6, 6.07) is 10.5. The Labute approximate surface area is 161 Å². The van der Waals surface area contributed by atoms with E-state index in [0.717, 1.165) is 5.56 Å². The van der Waals surface area contributed by atoms with E-state index < -0.39 is 5.91 Å². The van der Waals surface area contributed by atoms with Crippen molar-refractivity contribution in [2.24, 2.45) is 0 Å². The molecule has 2 N–H and O–H groups in total. The Morgan fingerprint density at radius 2 is 2.00 bits per heavy atom. The molecule has 27 heavy (non-hydrogen) atoms. The predicted molar refractivity (Wildman–Crippen MR) is 104 cm³/mol. The largest absolute Gasteiger partial charge is 0.383 e. The van der Waals surface area contributed by atoms with E-state index in [1.165, 1.54) is 0 Å². The van der Waals surface area contributed by atoms with Crippen LogP contribution in [0.15, 0.2) is 42.6 Å². The molecule has 0 spiro atoms. The third kappa shape index (κ3) is 3.94. The lowest BCUT2D eigenvalue weighted by Crippen LogP contribution is -2.27. The first-order valence-corrected chi connectivity index (χ1v) is 8.71. The Morgan fingerprint density at radius 1 is 1.19 bits per heavy atom. The number of ether oxygens (including phenoxy) is 1. The topological polar surface area (TPSA) is 84.7 Å². The minimum absolute atomic E-state index is 0.113. The van der Waals surface area contributed by atoms with E-state index in [9.17, 15) is 9.59 Å². The molecule has 3 aromatic rings. The number of halogens is 1. The molecular weight excluding hydrogens is 368 g/mol. The van der Waals surface area contributed by atoms with Crippen LogP contribution >= 0.6 is 11.6 Å². The lowest BCUT2D eigenvalue weighted by molar-refractivity contribution is 0.0934. The summed E-state index contributed by atoms with van der Waals surface area (Å²) in [4.78, 5) is 29.5. The monoisotopic (exact) mass is 386 g/mol. The van der Waals surface area contributed by atoms with Crippen molar-refractivity contribution in [3.05, 3.63) is 64.7 Å². The third-order valence-electron chi connectivity index (χ3n) is 4.07. The van der Waals surface area contributed by atoms with Crippen LogP contribution in [-0.2, 0) is 4.74 Å². The highest BCUT2D eigenvalue weighted by atomic mass is 35.5. The van der Waals surface area contributed by atoms with Gasteiger partial charge in [0.05, 0.1) is 12.1 Å². The van der Waals surface area contributed by atoms with E-state index in [1.807, 2.05) is 6.92 Å². The molecule has 2 heterocycles. The first-order valence-electron chi connectivity index (χ1n) is 8.33. The molecule has 8 heteroatoms. The summed E-state index contributed by atoms with van der Waals surface area (Å²) >= 11 is 6.11. The zero-order valence-corrected chi connectivity index (χ0v) is 15.7. The van der Waals surface area contributed by atoms with Gasteiger partial charge in [-0.05, 0) is 36.8 Å². The standard InChI is InChI=1S/C19H19ClN4O3/c1-12-13(20)6-5-7-14(12)22-19(26)17-23-16(18(25)21-9-11-27-2)15-8-3-4-10-24(15)17/h3-8,10H,9,11H2,1-2H3,(H,21,25)(H,22,26). The summed E-state index contributed by atoms with van der Waals surface area (Å²) in [5.74, 6) is -0.687. The molecule has 0 atom stereocenters. The van der Waals surface area contributed by atoms with Crippen LogP contribution in [-0.4, -0.2) is 41.5 Å². The summed E-state index contributed by atoms with van der Waals surface area (Å²) in [5, 5.41) is 6.08. The van der Waals surface area contributed by atoms with Crippen LogP contribution in [0.5, 0.6) is 0 Å². The third-order valence-corrected chi connectivity index (χ3v) is 4.48. The Bertz CT molecular complexity index is 1000. The second-order valence-corrected chi connectivity index (χ2v) is 6.26. The smallest absolute Gasteiger partial charge is 0.292 e. The van der Waals surface area contributed by atoms with Crippen molar-refractivity contribution in [3.63, 3.8) is 0 Å². The van der Waals surface area contributed by atoms with E-state index in [0.29, 0.717) is 29.4 Å². The number of nitrogens with zero attached hydrogens (tertiary/aromatic N) is 2. The summed E-state index contributed by atoms with van der Waals surface area (Å²) in [5.41, 5.74) is 2.07. The molecular formula is C19H19ClN4O3. The summed E-state index contributed by atoms with van der Waals surface area (Å²) in [7, 11) is 1.55. The van der Waals surface area contributed by atoms with E-state index in [1.54, 1.807) is 54.1 Å². The average Bonchev–Trinajstić information content (AvgIpc) is 3.05. The van der Waals surface area contributed by atoms with Crippen molar-refractivity contribution >= 4 is 34.6 Å². The van der Waals surface area contributed by atoms with Gasteiger partial charge in [0.25, 0.3) is 11.8 Å². The van der Waals surface area contributed by atoms with E-state index in [-0.39, 0.29) is 17.4 Å². The number of rotatable bonds is 6. The van der Waals surface area contributed by atoms with Crippen LogP contribution in [0, 0.1) is 6.92 Å². The second-order valence-electron chi connectivity index (χ2n) is 5.86. The van der Waals surface area contributed by atoms with Gasteiger partial charge in [-0.25, -0.2) is 4.98 Å². The Hall–Kier alpha value is -2.90. The zero-order chi connectivity index (χ0) is 19.4. The number of carbonyl (C=O) groups excluding carboxylic acids is 2. The number of hydrogen-bond acceptors (Lipinski definition) is 4. The number of pyridine rings is 1. The van der Waals surface area contributed by atoms with Gasteiger partial charge in [0.2, 0.25) is 5.82 Å². The second kappa shape index (κ2) is 8.20. The van der Waals surface area contributed by atoms with Gasteiger partial charge in [-0.3, -0.25) is 14.0 Å². The Kier molecular flexibility index (Phi) is 5.73. The Balaban J connectivity index is 1.93. The van der Waals surface area contributed by atoms with E-state index in [4.69, 9.17) is 16.3 Å². The fraction of sp³-hybridized carbons (Fsp3) is 0.211. The summed E-state index contributed by atoms with van der Waals surface area (Å²) in [6.45, 7) is 2.56. The van der Waals surface area contributed by atoms with Crippen LogP contribution < -0.4 is 10.6 Å². The molecule has 0 aliphatic carbocycles. The molecule has 0 saturated heterocycles. The van der Waals surface area contributed by atoms with Gasteiger partial charge < -0.3 is 15.4 Å². The first kappa shape index (κ1) is 18.9. The number of methoxy groups -OCH3 is 1. The van der Waals surface area contributed by atoms with Gasteiger partial charge in [-0.1, -0.05) is 23.7 Å². The van der Waals surface area contributed by atoms with Gasteiger partial charge in [-0.15, -0.1) is 0 Å². The summed E-state index contributed by atoms with van der Waals surface area (Å²) in [6.07, 6.45) is 1.69. The maximum atomic E-state index is 12.8. The molecule has 3 rings (SSSR count). The van der Waals surface area contributed by atoms with Crippen molar-refractivity contribution in [1.29, 1.82) is 0 Å². The van der Waals surface area contributed by atoms with Crippen LogP contribution in [0.2, 0.25) is 5.02 Å². The molecule has 140 valence electrons. The maximum Gasteiger partial charge on any atom is 0.292 e.